The summed E-state index contributed by atoms with van der Waals surface area (Å²) in [7, 11) is 0. The van der Waals surface area contributed by atoms with Gasteiger partial charge in [-0.15, -0.1) is 0 Å². The van der Waals surface area contributed by atoms with Gasteiger partial charge in [0.05, 0.1) is 5.71 Å². The van der Waals surface area contributed by atoms with E-state index in [9.17, 15) is 0 Å². The van der Waals surface area contributed by atoms with Crippen molar-refractivity contribution in [2.75, 3.05) is 18.0 Å². The van der Waals surface area contributed by atoms with Crippen LogP contribution in [0, 0.1) is 12.3 Å². The molecule has 1 heterocycles. The molecule has 0 unspecified atom stereocenters. The minimum Gasteiger partial charge on any atom is -0.371 e. The molecule has 1 aliphatic heterocycles. The predicted molar refractivity (Wildman–Crippen MR) is 89.6 cm³/mol. The zero-order chi connectivity index (χ0) is 14.7. The molecule has 2 aromatic rings. The highest BCUT2D eigenvalue weighted by molar-refractivity contribution is 6.15. The van der Waals surface area contributed by atoms with Crippen LogP contribution < -0.4 is 4.90 Å². The molecule has 0 atom stereocenters. The van der Waals surface area contributed by atoms with Crippen LogP contribution in [-0.2, 0) is 0 Å². The lowest BCUT2D eigenvalue weighted by atomic mass is 9.95. The third kappa shape index (κ3) is 2.85. The molecular weight excluding hydrogens is 256 g/mol. The van der Waals surface area contributed by atoms with Crippen molar-refractivity contribution in [2.24, 2.45) is 0 Å². The van der Waals surface area contributed by atoms with Crippen molar-refractivity contribution in [3.63, 3.8) is 0 Å². The van der Waals surface area contributed by atoms with Crippen LogP contribution >= 0.6 is 0 Å². The normalized spacial score (nSPS) is 15.0. The van der Waals surface area contributed by atoms with Crippen LogP contribution in [0.5, 0.6) is 0 Å². The zero-order valence-corrected chi connectivity index (χ0v) is 12.6. The van der Waals surface area contributed by atoms with E-state index in [0.717, 1.165) is 24.2 Å². The smallest absolute Gasteiger partial charge is 0.0708 e. The second-order valence-electron chi connectivity index (χ2n) is 5.76. The second-order valence-corrected chi connectivity index (χ2v) is 5.76. The van der Waals surface area contributed by atoms with Gasteiger partial charge in [-0.1, -0.05) is 42.5 Å². The molecular formula is C19H22N2. The monoisotopic (exact) mass is 278 g/mol. The maximum Gasteiger partial charge on any atom is 0.0708 e. The van der Waals surface area contributed by atoms with Crippen molar-refractivity contribution in [3.05, 3.63) is 65.2 Å². The Hall–Kier alpha value is -2.09. The number of nitrogens with one attached hydrogen (secondary N) is 1. The fourth-order valence-electron chi connectivity index (χ4n) is 3.13. The van der Waals surface area contributed by atoms with Gasteiger partial charge in [0.15, 0.2) is 0 Å². The summed E-state index contributed by atoms with van der Waals surface area (Å²) in [6.07, 6.45) is 3.84. The molecule has 1 fully saturated rings. The van der Waals surface area contributed by atoms with Gasteiger partial charge in [-0.25, -0.2) is 0 Å². The van der Waals surface area contributed by atoms with Crippen LogP contribution in [0.15, 0.2) is 48.5 Å². The molecule has 0 spiro atoms. The first-order valence-corrected chi connectivity index (χ1v) is 7.76. The summed E-state index contributed by atoms with van der Waals surface area (Å²) in [6, 6.07) is 16.4. The van der Waals surface area contributed by atoms with E-state index in [1.165, 1.54) is 30.5 Å². The highest BCUT2D eigenvalue weighted by atomic mass is 15.1. The molecule has 1 aliphatic rings. The Labute approximate surface area is 126 Å². The average molecular weight is 278 g/mol. The first-order valence-electron chi connectivity index (χ1n) is 7.76. The van der Waals surface area contributed by atoms with Crippen molar-refractivity contribution in [3.8, 4) is 0 Å². The summed E-state index contributed by atoms with van der Waals surface area (Å²) in [6.45, 7) is 4.33. The second kappa shape index (κ2) is 6.13. The summed E-state index contributed by atoms with van der Waals surface area (Å²) in [5.41, 5.74) is 5.13. The molecule has 2 aromatic carbocycles. The van der Waals surface area contributed by atoms with Gasteiger partial charge in [-0.2, -0.15) is 0 Å². The SMILES string of the molecule is Cc1cccc(N2CCCCC2)c1C(=N)c1ccccc1. The maximum absolute atomic E-state index is 8.64. The minimum absolute atomic E-state index is 0.634. The van der Waals surface area contributed by atoms with E-state index >= 15 is 0 Å². The Bertz CT molecular complexity index is 625. The molecule has 0 radical (unpaired) electrons. The van der Waals surface area contributed by atoms with Crippen molar-refractivity contribution >= 4 is 11.4 Å². The first-order chi connectivity index (χ1) is 10.3. The number of benzene rings is 2. The minimum atomic E-state index is 0.634. The number of anilines is 1. The van der Waals surface area contributed by atoms with E-state index in [1.807, 2.05) is 30.3 Å². The first kappa shape index (κ1) is 13.9. The highest BCUT2D eigenvalue weighted by Gasteiger charge is 2.18. The van der Waals surface area contributed by atoms with Crippen molar-refractivity contribution in [2.45, 2.75) is 26.2 Å². The molecule has 0 aromatic heterocycles. The summed E-state index contributed by atoms with van der Waals surface area (Å²) in [5, 5.41) is 8.64. The number of hydrogen-bond acceptors (Lipinski definition) is 2. The van der Waals surface area contributed by atoms with E-state index in [1.54, 1.807) is 0 Å². The molecule has 2 nitrogen and oxygen atoms in total. The van der Waals surface area contributed by atoms with Gasteiger partial charge < -0.3 is 4.90 Å². The summed E-state index contributed by atoms with van der Waals surface area (Å²) < 4.78 is 0. The Balaban J connectivity index is 2.02. The van der Waals surface area contributed by atoms with Crippen LogP contribution in [0.2, 0.25) is 0 Å². The maximum atomic E-state index is 8.64. The number of piperidine rings is 1. The van der Waals surface area contributed by atoms with Gasteiger partial charge in [0, 0.05) is 29.9 Å². The number of nitrogens with zero attached hydrogens (tertiary/aromatic N) is 1. The molecule has 1 saturated heterocycles. The van der Waals surface area contributed by atoms with Crippen molar-refractivity contribution < 1.29 is 0 Å². The van der Waals surface area contributed by atoms with Crippen molar-refractivity contribution in [1.29, 1.82) is 5.41 Å². The van der Waals surface area contributed by atoms with E-state index in [-0.39, 0.29) is 0 Å². The van der Waals surface area contributed by atoms with Crippen LogP contribution in [-0.4, -0.2) is 18.8 Å². The molecule has 2 heteroatoms. The third-order valence-electron chi connectivity index (χ3n) is 4.26. The quantitative estimate of drug-likeness (QED) is 0.828. The van der Waals surface area contributed by atoms with Gasteiger partial charge >= 0.3 is 0 Å². The number of hydrogen-bond donors (Lipinski definition) is 1. The number of rotatable bonds is 3. The van der Waals surface area contributed by atoms with Gasteiger partial charge in [0.2, 0.25) is 0 Å². The van der Waals surface area contributed by atoms with Crippen LogP contribution in [0.4, 0.5) is 5.69 Å². The fourth-order valence-corrected chi connectivity index (χ4v) is 3.13. The van der Waals surface area contributed by atoms with E-state index in [0.29, 0.717) is 5.71 Å². The lowest BCUT2D eigenvalue weighted by molar-refractivity contribution is 0.577. The predicted octanol–water partition coefficient (Wildman–Crippen LogP) is 4.40. The molecule has 1 N–H and O–H groups in total. The molecule has 0 aliphatic carbocycles. The van der Waals surface area contributed by atoms with Crippen molar-refractivity contribution in [1.82, 2.24) is 0 Å². The van der Waals surface area contributed by atoms with Crippen LogP contribution in [0.3, 0.4) is 0 Å². The zero-order valence-electron chi connectivity index (χ0n) is 12.6. The molecule has 3 rings (SSSR count). The van der Waals surface area contributed by atoms with Crippen LogP contribution in [0.1, 0.15) is 36.0 Å². The van der Waals surface area contributed by atoms with E-state index in [4.69, 9.17) is 5.41 Å². The average Bonchev–Trinajstić information content (AvgIpc) is 2.55. The van der Waals surface area contributed by atoms with Gasteiger partial charge in [0.25, 0.3) is 0 Å². The summed E-state index contributed by atoms with van der Waals surface area (Å²) in [5.74, 6) is 0. The molecule has 0 amide bonds. The van der Waals surface area contributed by atoms with Crippen LogP contribution in [0.25, 0.3) is 0 Å². The molecule has 108 valence electrons. The summed E-state index contributed by atoms with van der Waals surface area (Å²) in [4.78, 5) is 2.45. The standard InChI is InChI=1S/C19H22N2/c1-15-9-8-12-17(21-13-6-3-7-14-21)18(15)19(20)16-10-4-2-5-11-16/h2,4-5,8-12,20H,3,6-7,13-14H2,1H3. The lowest BCUT2D eigenvalue weighted by Crippen LogP contribution is -2.31. The largest absolute Gasteiger partial charge is 0.371 e. The highest BCUT2D eigenvalue weighted by Crippen LogP contribution is 2.28. The third-order valence-corrected chi connectivity index (χ3v) is 4.26. The molecule has 0 saturated carbocycles. The summed E-state index contributed by atoms with van der Waals surface area (Å²) >= 11 is 0. The topological polar surface area (TPSA) is 27.1 Å². The Morgan fingerprint density at radius 2 is 1.62 bits per heavy atom. The van der Waals surface area contributed by atoms with Gasteiger partial charge in [0.1, 0.15) is 0 Å². The van der Waals surface area contributed by atoms with E-state index in [2.05, 4.69) is 30.0 Å². The van der Waals surface area contributed by atoms with Gasteiger partial charge in [-0.3, -0.25) is 5.41 Å². The lowest BCUT2D eigenvalue weighted by Gasteiger charge is -2.31. The van der Waals surface area contributed by atoms with Gasteiger partial charge in [-0.05, 0) is 37.8 Å². The van der Waals surface area contributed by atoms with E-state index < -0.39 is 0 Å². The Kier molecular flexibility index (Phi) is 4.05. The molecule has 0 bridgehead atoms. The number of aryl methyl sites for hydroxylation is 1. The fraction of sp³-hybridized carbons (Fsp3) is 0.316. The Morgan fingerprint density at radius 3 is 2.33 bits per heavy atom. The molecule has 21 heavy (non-hydrogen) atoms. The Morgan fingerprint density at radius 1 is 0.905 bits per heavy atom.